The summed E-state index contributed by atoms with van der Waals surface area (Å²) in [7, 11) is 1.61. The van der Waals surface area contributed by atoms with Crippen molar-refractivity contribution < 1.29 is 19.4 Å². The second-order valence-corrected chi connectivity index (χ2v) is 8.66. The first kappa shape index (κ1) is 24.7. The van der Waals surface area contributed by atoms with Gasteiger partial charge < -0.3 is 9.84 Å². The lowest BCUT2D eigenvalue weighted by Crippen LogP contribution is -2.20. The molecule has 0 saturated heterocycles. The molecule has 2 N–H and O–H groups in total. The highest BCUT2D eigenvalue weighted by Gasteiger charge is 2.17. The van der Waals surface area contributed by atoms with Crippen LogP contribution in [0.3, 0.4) is 0 Å². The van der Waals surface area contributed by atoms with Crippen LogP contribution in [-0.4, -0.2) is 50.8 Å². The molecule has 4 rings (SSSR count). The van der Waals surface area contributed by atoms with Crippen LogP contribution in [-0.2, 0) is 4.79 Å². The van der Waals surface area contributed by atoms with Crippen molar-refractivity contribution >= 4 is 29.9 Å². The topological polar surface area (TPSA) is 119 Å². The van der Waals surface area contributed by atoms with Crippen molar-refractivity contribution in [3.8, 4) is 22.8 Å². The molecule has 9 nitrogen and oxygen atoms in total. The Morgan fingerprint density at radius 3 is 2.36 bits per heavy atom. The maximum absolute atomic E-state index is 12.4. The van der Waals surface area contributed by atoms with Crippen LogP contribution in [0.15, 0.2) is 83.1 Å². The number of carboxylic acids is 1. The number of rotatable bonds is 9. The quantitative estimate of drug-likeness (QED) is 0.200. The Kier molecular flexibility index (Phi) is 7.76. The number of carbonyl (C=O) groups is 2. The summed E-state index contributed by atoms with van der Waals surface area (Å²) in [6.07, 6.45) is 1.45. The number of aromatic nitrogens is 3. The van der Waals surface area contributed by atoms with Gasteiger partial charge in [-0.05, 0) is 48.9 Å². The van der Waals surface area contributed by atoms with Gasteiger partial charge in [-0.3, -0.25) is 9.36 Å². The molecule has 0 saturated carbocycles. The first-order valence-corrected chi connectivity index (χ1v) is 11.9. The maximum Gasteiger partial charge on any atom is 0.335 e. The summed E-state index contributed by atoms with van der Waals surface area (Å²) in [6, 6.07) is 21.7. The van der Waals surface area contributed by atoms with Crippen LogP contribution >= 0.6 is 11.8 Å². The molecule has 10 heteroatoms. The van der Waals surface area contributed by atoms with Gasteiger partial charge in [-0.1, -0.05) is 53.7 Å². The number of methoxy groups -OCH3 is 1. The van der Waals surface area contributed by atoms with Crippen LogP contribution in [0.5, 0.6) is 5.75 Å². The third-order valence-electron chi connectivity index (χ3n) is 5.17. The van der Waals surface area contributed by atoms with Gasteiger partial charge in [0.1, 0.15) is 5.75 Å². The van der Waals surface area contributed by atoms with E-state index in [2.05, 4.69) is 20.7 Å². The molecule has 0 bridgehead atoms. The third-order valence-corrected chi connectivity index (χ3v) is 6.10. The van der Waals surface area contributed by atoms with Crippen LogP contribution in [0, 0.1) is 6.92 Å². The highest BCUT2D eigenvalue weighted by molar-refractivity contribution is 7.99. The van der Waals surface area contributed by atoms with E-state index in [4.69, 9.17) is 9.84 Å². The van der Waals surface area contributed by atoms with Gasteiger partial charge in [0.15, 0.2) is 11.0 Å². The summed E-state index contributed by atoms with van der Waals surface area (Å²) in [5.41, 5.74) is 6.19. The van der Waals surface area contributed by atoms with E-state index >= 15 is 0 Å². The zero-order valence-corrected chi connectivity index (χ0v) is 20.4. The molecule has 0 radical (unpaired) electrons. The van der Waals surface area contributed by atoms with Crippen molar-refractivity contribution in [2.45, 2.75) is 12.1 Å². The number of aryl methyl sites for hydroxylation is 1. The molecule has 0 fully saturated rings. The van der Waals surface area contributed by atoms with Crippen molar-refractivity contribution in [2.75, 3.05) is 12.9 Å². The lowest BCUT2D eigenvalue weighted by atomic mass is 10.1. The Balaban J connectivity index is 1.48. The van der Waals surface area contributed by atoms with E-state index in [0.717, 1.165) is 22.6 Å². The molecule has 1 aromatic heterocycles. The Hall–Kier alpha value is -4.44. The van der Waals surface area contributed by atoms with E-state index in [-0.39, 0.29) is 17.2 Å². The van der Waals surface area contributed by atoms with Gasteiger partial charge >= 0.3 is 5.97 Å². The van der Waals surface area contributed by atoms with Crippen LogP contribution in [0.2, 0.25) is 0 Å². The summed E-state index contributed by atoms with van der Waals surface area (Å²) in [6.45, 7) is 2.02. The largest absolute Gasteiger partial charge is 0.497 e. The van der Waals surface area contributed by atoms with E-state index < -0.39 is 5.97 Å². The molecule has 0 aliphatic carbocycles. The first-order chi connectivity index (χ1) is 17.4. The highest BCUT2D eigenvalue weighted by atomic mass is 32.2. The van der Waals surface area contributed by atoms with Crippen molar-refractivity contribution in [3.63, 3.8) is 0 Å². The monoisotopic (exact) mass is 501 g/mol. The zero-order chi connectivity index (χ0) is 25.5. The molecule has 4 aromatic rings. The summed E-state index contributed by atoms with van der Waals surface area (Å²) in [5, 5.41) is 22.2. The van der Waals surface area contributed by atoms with Gasteiger partial charge in [-0.2, -0.15) is 5.10 Å². The second kappa shape index (κ2) is 11.3. The number of ether oxygens (including phenoxy) is 1. The number of carboxylic acid groups (broad SMARTS) is 1. The summed E-state index contributed by atoms with van der Waals surface area (Å²) in [5.74, 6) is 0.132. The van der Waals surface area contributed by atoms with Crippen molar-refractivity contribution in [3.05, 3.63) is 89.5 Å². The molecule has 0 aliphatic heterocycles. The number of nitrogens with zero attached hydrogens (tertiary/aromatic N) is 4. The molecule has 1 amide bonds. The minimum Gasteiger partial charge on any atom is -0.497 e. The average molecular weight is 502 g/mol. The van der Waals surface area contributed by atoms with Gasteiger partial charge in [0.05, 0.1) is 24.6 Å². The standard InChI is InChI=1S/C26H23N5O4S/c1-17-3-7-19(8-4-17)24-29-30-26(31(24)21-11-13-22(35-2)14-12-21)36-16-23(32)28-27-15-18-5-9-20(10-6-18)25(33)34/h3-15H,16H2,1-2H3,(H,28,32)(H,33,34)/b27-15+. The maximum atomic E-state index is 12.4. The van der Waals surface area contributed by atoms with Gasteiger partial charge in [-0.15, -0.1) is 10.2 Å². The molecule has 0 aliphatic rings. The Morgan fingerprint density at radius 2 is 1.72 bits per heavy atom. The number of hydrogen-bond donors (Lipinski definition) is 2. The second-order valence-electron chi connectivity index (χ2n) is 7.71. The first-order valence-electron chi connectivity index (χ1n) is 10.9. The number of thioether (sulfide) groups is 1. The Morgan fingerprint density at radius 1 is 1.03 bits per heavy atom. The number of aromatic carboxylic acids is 1. The van der Waals surface area contributed by atoms with E-state index in [1.807, 2.05) is 60.0 Å². The molecule has 36 heavy (non-hydrogen) atoms. The Bertz CT molecular complexity index is 1380. The summed E-state index contributed by atoms with van der Waals surface area (Å²) < 4.78 is 7.17. The van der Waals surface area contributed by atoms with Crippen molar-refractivity contribution in [2.24, 2.45) is 5.10 Å². The molecular weight excluding hydrogens is 478 g/mol. The average Bonchev–Trinajstić information content (AvgIpc) is 3.32. The smallest absolute Gasteiger partial charge is 0.335 e. The predicted molar refractivity (Wildman–Crippen MR) is 138 cm³/mol. The number of hydrogen-bond acceptors (Lipinski definition) is 7. The molecular formula is C26H23N5O4S. The molecule has 1 heterocycles. The zero-order valence-electron chi connectivity index (χ0n) is 19.6. The SMILES string of the molecule is COc1ccc(-n2c(SCC(=O)N/N=C/c3ccc(C(=O)O)cc3)nnc2-c2ccc(C)cc2)cc1. The number of benzene rings is 3. The number of carbonyl (C=O) groups excluding carboxylic acids is 1. The molecule has 0 spiro atoms. The van der Waals surface area contributed by atoms with Crippen molar-refractivity contribution in [1.29, 1.82) is 0 Å². The lowest BCUT2D eigenvalue weighted by Gasteiger charge is -2.11. The molecule has 0 atom stereocenters. The normalized spacial score (nSPS) is 10.9. The summed E-state index contributed by atoms with van der Waals surface area (Å²) in [4.78, 5) is 23.3. The van der Waals surface area contributed by atoms with Gasteiger partial charge in [0.2, 0.25) is 0 Å². The third kappa shape index (κ3) is 5.97. The number of amides is 1. The molecule has 3 aromatic carbocycles. The Labute approximate surface area is 211 Å². The van der Waals surface area contributed by atoms with Crippen molar-refractivity contribution in [1.82, 2.24) is 20.2 Å². The van der Waals surface area contributed by atoms with Crippen LogP contribution in [0.4, 0.5) is 0 Å². The predicted octanol–water partition coefficient (Wildman–Crippen LogP) is 4.19. The van der Waals surface area contributed by atoms with Crippen LogP contribution in [0.1, 0.15) is 21.5 Å². The van der Waals surface area contributed by atoms with Crippen LogP contribution < -0.4 is 10.2 Å². The minimum absolute atomic E-state index is 0.0669. The highest BCUT2D eigenvalue weighted by Crippen LogP contribution is 2.29. The van der Waals surface area contributed by atoms with E-state index in [9.17, 15) is 9.59 Å². The van der Waals surface area contributed by atoms with E-state index in [0.29, 0.717) is 16.5 Å². The van der Waals surface area contributed by atoms with Gasteiger partial charge in [0.25, 0.3) is 5.91 Å². The number of hydrazone groups is 1. The molecule has 0 unspecified atom stereocenters. The fourth-order valence-electron chi connectivity index (χ4n) is 3.27. The minimum atomic E-state index is -1.00. The van der Waals surface area contributed by atoms with Gasteiger partial charge in [-0.25, -0.2) is 10.2 Å². The fraction of sp³-hybridized carbons (Fsp3) is 0.115. The lowest BCUT2D eigenvalue weighted by molar-refractivity contribution is -0.118. The number of nitrogens with one attached hydrogen (secondary N) is 1. The molecule has 182 valence electrons. The van der Waals surface area contributed by atoms with E-state index in [1.54, 1.807) is 19.2 Å². The van der Waals surface area contributed by atoms with Gasteiger partial charge in [0, 0.05) is 11.3 Å². The summed E-state index contributed by atoms with van der Waals surface area (Å²) >= 11 is 1.24. The fourth-order valence-corrected chi connectivity index (χ4v) is 4.01. The van der Waals surface area contributed by atoms with Crippen LogP contribution in [0.25, 0.3) is 17.1 Å². The van der Waals surface area contributed by atoms with E-state index in [1.165, 1.54) is 30.1 Å².